The number of carbonyl (C=O) groups is 4. The molecular weight excluding hydrogens is 715 g/mol. The molecule has 3 aromatic rings. The Labute approximate surface area is 317 Å². The van der Waals surface area contributed by atoms with Gasteiger partial charge in [0.25, 0.3) is 5.91 Å². The number of hydrogen-bond donors (Lipinski definition) is 4. The molecule has 2 aliphatic rings. The fourth-order valence-corrected chi connectivity index (χ4v) is 6.39. The topological polar surface area (TPSA) is 234 Å². The lowest BCUT2D eigenvalue weighted by Crippen LogP contribution is -2.44. The summed E-state index contributed by atoms with van der Waals surface area (Å²) in [6.07, 6.45) is 10.2. The molecule has 5 unspecified atom stereocenters. The Balaban J connectivity index is 1.32. The normalized spacial score (nSPS) is 25.3. The van der Waals surface area contributed by atoms with Crippen molar-refractivity contribution in [1.82, 2.24) is 45.5 Å². The summed E-state index contributed by atoms with van der Waals surface area (Å²) in [7, 11) is 0. The van der Waals surface area contributed by atoms with E-state index in [0.29, 0.717) is 29.8 Å². The van der Waals surface area contributed by atoms with Crippen LogP contribution in [0.2, 0.25) is 0 Å². The monoisotopic (exact) mass is 762 g/mol. The van der Waals surface area contributed by atoms with Crippen molar-refractivity contribution in [1.29, 1.82) is 0 Å². The van der Waals surface area contributed by atoms with E-state index in [2.05, 4.69) is 35.9 Å². The Morgan fingerprint density at radius 1 is 1.16 bits per heavy atom. The number of amides is 3. The molecule has 0 aromatic carbocycles. The third kappa shape index (κ3) is 11.6. The van der Waals surface area contributed by atoms with Crippen molar-refractivity contribution >= 4 is 29.5 Å². The van der Waals surface area contributed by atoms with Crippen LogP contribution in [0.1, 0.15) is 62.8 Å². The van der Waals surface area contributed by atoms with E-state index in [-0.39, 0.29) is 74.7 Å². The first-order valence-corrected chi connectivity index (χ1v) is 18.2. The van der Waals surface area contributed by atoms with Gasteiger partial charge in [0, 0.05) is 38.4 Å². The number of fused-ring (bicyclic) bond motifs is 3. The highest BCUT2D eigenvalue weighted by Gasteiger charge is 2.39. The predicted molar refractivity (Wildman–Crippen MR) is 196 cm³/mol. The third-order valence-electron chi connectivity index (χ3n) is 9.04. The minimum atomic E-state index is -1.51. The van der Waals surface area contributed by atoms with E-state index >= 15 is 0 Å². The lowest BCUT2D eigenvalue weighted by Gasteiger charge is -2.30. The number of rotatable bonds is 7. The zero-order valence-corrected chi connectivity index (χ0v) is 31.0. The second-order valence-corrected chi connectivity index (χ2v) is 13.9. The molecule has 0 spiro atoms. The maximum absolute atomic E-state index is 14.8. The Morgan fingerprint density at radius 3 is 2.76 bits per heavy atom. The van der Waals surface area contributed by atoms with Gasteiger partial charge in [0.05, 0.1) is 37.7 Å². The molecule has 2 aliphatic heterocycles. The number of anilines is 1. The molecule has 3 amide bonds. The van der Waals surface area contributed by atoms with Gasteiger partial charge in [0.1, 0.15) is 41.8 Å². The number of nitrogens with two attached hydrogens (primary N) is 1. The van der Waals surface area contributed by atoms with E-state index in [1.165, 1.54) is 34.1 Å². The number of aliphatic hydroxyl groups is 1. The number of allylic oxidation sites excluding steroid dienone is 2. The Morgan fingerprint density at radius 2 is 1.98 bits per heavy atom. The number of aromatic nitrogens is 6. The minimum Gasteiger partial charge on any atom is -0.460 e. The standard InChI is InChI=1S/C37H47FN10O7/c1-22(2)35-24(15-33(51)42-11-13-47-20-28(45-46-47)27-18-40-19-31(39)43-27)8-9-32(50)41-10-4-6-23(3)14-26(49)16-25(38)17-34-44-29(21-54-34)36(52)48-12-5-7-30(48)37(53)55-35/h4,6,8-9,14,18-22,24-26,30,35,49H,5,7,10-13,15-17H2,1-3H3,(H2,39,43)(H,41,50)(H,42,51)/b6-4+,9-8+,23-14+. The van der Waals surface area contributed by atoms with Crippen molar-refractivity contribution in [2.24, 2.45) is 11.8 Å². The van der Waals surface area contributed by atoms with Crippen molar-refractivity contribution in [3.63, 3.8) is 0 Å². The van der Waals surface area contributed by atoms with Gasteiger partial charge in [-0.3, -0.25) is 24.0 Å². The number of nitrogens with zero attached hydrogens (tertiary/aromatic N) is 7. The number of nitrogens with one attached hydrogen (secondary N) is 2. The van der Waals surface area contributed by atoms with Crippen LogP contribution in [0.3, 0.4) is 0 Å². The number of alkyl halides is 1. The lowest BCUT2D eigenvalue weighted by atomic mass is 9.89. The van der Waals surface area contributed by atoms with Crippen LogP contribution >= 0.6 is 0 Å². The molecule has 5 atom stereocenters. The van der Waals surface area contributed by atoms with Crippen LogP contribution in [0.15, 0.2) is 65.2 Å². The first-order chi connectivity index (χ1) is 26.4. The summed E-state index contributed by atoms with van der Waals surface area (Å²) in [5.74, 6) is -2.83. The van der Waals surface area contributed by atoms with Gasteiger partial charge in [-0.25, -0.2) is 19.2 Å². The summed E-state index contributed by atoms with van der Waals surface area (Å²) in [6, 6.07) is -0.936. The second-order valence-electron chi connectivity index (χ2n) is 13.9. The molecule has 5 N–H and O–H groups in total. The zero-order chi connectivity index (χ0) is 39.5. The van der Waals surface area contributed by atoms with Crippen LogP contribution < -0.4 is 16.4 Å². The van der Waals surface area contributed by atoms with Crippen LogP contribution in [0.25, 0.3) is 11.4 Å². The second kappa shape index (κ2) is 19.0. The highest BCUT2D eigenvalue weighted by atomic mass is 19.1. The number of aliphatic hydroxyl groups excluding tert-OH is 1. The van der Waals surface area contributed by atoms with Crippen LogP contribution in [-0.4, -0.2) is 108 Å². The largest absolute Gasteiger partial charge is 0.460 e. The molecule has 0 aliphatic carbocycles. The van der Waals surface area contributed by atoms with Gasteiger partial charge < -0.3 is 35.5 Å². The van der Waals surface area contributed by atoms with Gasteiger partial charge in [-0.2, -0.15) is 0 Å². The fourth-order valence-electron chi connectivity index (χ4n) is 6.39. The molecule has 0 radical (unpaired) electrons. The Hall–Kier alpha value is -5.78. The molecule has 2 bridgehead atoms. The van der Waals surface area contributed by atoms with Gasteiger partial charge in [0.15, 0.2) is 11.6 Å². The van der Waals surface area contributed by atoms with Crippen LogP contribution in [0.4, 0.5) is 10.2 Å². The summed E-state index contributed by atoms with van der Waals surface area (Å²) in [6.45, 7) is 6.29. The number of nitrogen functional groups attached to an aromatic ring is 1. The van der Waals surface area contributed by atoms with Crippen molar-refractivity contribution < 1.29 is 37.8 Å². The number of carbonyl (C=O) groups excluding carboxylic acids is 4. The number of esters is 1. The Bertz CT molecular complexity index is 1910. The van der Waals surface area contributed by atoms with E-state index in [0.717, 1.165) is 6.26 Å². The molecule has 55 heavy (non-hydrogen) atoms. The molecule has 294 valence electrons. The van der Waals surface area contributed by atoms with Crippen LogP contribution in [0, 0.1) is 11.8 Å². The number of hydrogen-bond acceptors (Lipinski definition) is 13. The van der Waals surface area contributed by atoms with Crippen molar-refractivity contribution in [2.75, 3.05) is 25.4 Å². The molecule has 5 rings (SSSR count). The smallest absolute Gasteiger partial charge is 0.329 e. The molecule has 5 heterocycles. The molecule has 3 aromatic heterocycles. The van der Waals surface area contributed by atoms with E-state index in [1.807, 2.05) is 13.8 Å². The highest BCUT2D eigenvalue weighted by Crippen LogP contribution is 2.27. The van der Waals surface area contributed by atoms with Crippen molar-refractivity contribution in [3.8, 4) is 11.4 Å². The number of ether oxygens (including phenoxy) is 1. The Kier molecular flexibility index (Phi) is 14.0. The average molecular weight is 763 g/mol. The molecule has 17 nitrogen and oxygen atoms in total. The van der Waals surface area contributed by atoms with Crippen molar-refractivity contribution in [3.05, 3.63) is 72.4 Å². The van der Waals surface area contributed by atoms with E-state index < -0.39 is 48.1 Å². The van der Waals surface area contributed by atoms with Crippen LogP contribution in [0.5, 0.6) is 0 Å². The van der Waals surface area contributed by atoms with E-state index in [9.17, 15) is 28.7 Å². The molecule has 18 heteroatoms. The molecular formula is C37H47FN10O7. The van der Waals surface area contributed by atoms with Gasteiger partial charge in [-0.15, -0.1) is 5.10 Å². The van der Waals surface area contributed by atoms with Gasteiger partial charge in [-0.1, -0.05) is 48.9 Å². The number of halogens is 1. The zero-order valence-electron chi connectivity index (χ0n) is 31.0. The van der Waals surface area contributed by atoms with E-state index in [4.69, 9.17) is 14.9 Å². The van der Waals surface area contributed by atoms with Gasteiger partial charge >= 0.3 is 5.97 Å². The molecule has 1 saturated heterocycles. The minimum absolute atomic E-state index is 0.0115. The summed E-state index contributed by atoms with van der Waals surface area (Å²) in [4.78, 5) is 67.2. The average Bonchev–Trinajstić information content (AvgIpc) is 3.92. The van der Waals surface area contributed by atoms with Gasteiger partial charge in [0.2, 0.25) is 11.8 Å². The fraction of sp³-hybridized carbons (Fsp3) is 0.486. The number of oxazole rings is 1. The SMILES string of the molecule is CC1=C\C(O)CC(F)Cc2nc(co2)C(=O)N2CCCC2C(=O)OC(C(C)C)C(CC(=O)NCCn2cc(-c3cncc(N)n3)nn2)/C=C/C(=O)NC\C=C\1. The van der Waals surface area contributed by atoms with Crippen LogP contribution in [-0.2, 0) is 32.1 Å². The quantitative estimate of drug-likeness (QED) is 0.253. The first-order valence-electron chi connectivity index (χ1n) is 18.2. The summed E-state index contributed by atoms with van der Waals surface area (Å²) >= 11 is 0. The third-order valence-corrected chi connectivity index (χ3v) is 9.04. The summed E-state index contributed by atoms with van der Waals surface area (Å²) in [5, 5.41) is 24.2. The van der Waals surface area contributed by atoms with E-state index in [1.54, 1.807) is 31.3 Å². The maximum atomic E-state index is 14.8. The first kappa shape index (κ1) is 40.4. The summed E-state index contributed by atoms with van der Waals surface area (Å²) < 4.78 is 27.9. The highest BCUT2D eigenvalue weighted by molar-refractivity contribution is 5.95. The van der Waals surface area contributed by atoms with Gasteiger partial charge in [-0.05, 0) is 31.8 Å². The molecule has 0 saturated carbocycles. The molecule has 1 fully saturated rings. The summed E-state index contributed by atoms with van der Waals surface area (Å²) in [5.41, 5.74) is 7.21. The predicted octanol–water partition coefficient (Wildman–Crippen LogP) is 2.12. The number of cyclic esters (lactones) is 1. The lowest BCUT2D eigenvalue weighted by molar-refractivity contribution is -0.159. The maximum Gasteiger partial charge on any atom is 0.329 e. The van der Waals surface area contributed by atoms with Crippen molar-refractivity contribution in [2.45, 2.75) is 83.8 Å².